The summed E-state index contributed by atoms with van der Waals surface area (Å²) < 4.78 is 5.40. The Hall–Kier alpha value is -2.40. The van der Waals surface area contributed by atoms with E-state index in [1.54, 1.807) is 12.1 Å². The first kappa shape index (κ1) is 14.5. The van der Waals surface area contributed by atoms with Gasteiger partial charge in [-0.25, -0.2) is 9.78 Å². The van der Waals surface area contributed by atoms with Crippen molar-refractivity contribution >= 4 is 33.2 Å². The first-order valence-corrected chi connectivity index (χ1v) is 7.72. The van der Waals surface area contributed by atoms with Crippen molar-refractivity contribution in [1.29, 1.82) is 0 Å². The smallest absolute Gasteiger partial charge is 0.355 e. The zero-order chi connectivity index (χ0) is 15.9. The van der Waals surface area contributed by atoms with Gasteiger partial charge in [0.2, 0.25) is 0 Å². The van der Waals surface area contributed by atoms with Crippen LogP contribution in [0, 0.1) is 20.8 Å². The number of aromatic nitrogens is 1. The molecule has 2 heterocycles. The van der Waals surface area contributed by atoms with Crippen molar-refractivity contribution in [3.05, 3.63) is 52.0 Å². The molecule has 0 aliphatic heterocycles. The predicted octanol–water partition coefficient (Wildman–Crippen LogP) is 4.02. The molecule has 3 rings (SSSR count). The number of carbonyl (C=O) groups excluding carboxylic acids is 1. The number of esters is 1. The number of hydrogen-bond donors (Lipinski definition) is 1. The van der Waals surface area contributed by atoms with Crippen LogP contribution in [-0.2, 0) is 0 Å². The fourth-order valence-corrected chi connectivity index (χ4v) is 3.47. The van der Waals surface area contributed by atoms with Gasteiger partial charge in [-0.05, 0) is 44.5 Å². The molecule has 1 aromatic carbocycles. The van der Waals surface area contributed by atoms with Crippen LogP contribution in [0.3, 0.4) is 0 Å². The minimum absolute atomic E-state index is 0.400. The largest absolute Gasteiger partial charge is 0.422 e. The molecule has 0 saturated heterocycles. The number of benzene rings is 1. The van der Waals surface area contributed by atoms with Crippen molar-refractivity contribution in [3.63, 3.8) is 0 Å². The monoisotopic (exact) mass is 312 g/mol. The molecule has 2 aromatic heterocycles. The first-order chi connectivity index (χ1) is 10.5. The van der Waals surface area contributed by atoms with Crippen molar-refractivity contribution in [2.75, 3.05) is 5.73 Å². The molecule has 2 N–H and O–H groups in total. The zero-order valence-electron chi connectivity index (χ0n) is 12.6. The molecule has 112 valence electrons. The number of nitrogens with two attached hydrogens (primary N) is 1. The quantitative estimate of drug-likeness (QED) is 0.573. The summed E-state index contributed by atoms with van der Waals surface area (Å²) in [5, 5.41) is 0.839. The number of fused-ring (bicyclic) bond motifs is 1. The van der Waals surface area contributed by atoms with Gasteiger partial charge in [0.1, 0.15) is 15.5 Å². The van der Waals surface area contributed by atoms with E-state index in [0.717, 1.165) is 27.0 Å². The van der Waals surface area contributed by atoms with E-state index in [4.69, 9.17) is 10.5 Å². The van der Waals surface area contributed by atoms with Gasteiger partial charge in [0.05, 0.1) is 5.69 Å². The van der Waals surface area contributed by atoms with E-state index in [1.807, 2.05) is 39.0 Å². The molecule has 0 amide bonds. The van der Waals surface area contributed by atoms with Crippen LogP contribution in [0.5, 0.6) is 5.75 Å². The van der Waals surface area contributed by atoms with Gasteiger partial charge in [-0.2, -0.15) is 0 Å². The number of aryl methyl sites for hydroxylation is 3. The number of anilines is 1. The van der Waals surface area contributed by atoms with Crippen LogP contribution in [0.1, 0.15) is 26.5 Å². The second-order valence-electron chi connectivity index (χ2n) is 5.31. The maximum Gasteiger partial charge on any atom is 0.355 e. The number of hydrogen-bond acceptors (Lipinski definition) is 5. The van der Waals surface area contributed by atoms with Crippen LogP contribution in [0.2, 0.25) is 0 Å². The Kier molecular flexibility index (Phi) is 3.58. The maximum absolute atomic E-state index is 12.4. The van der Waals surface area contributed by atoms with Gasteiger partial charge in [-0.15, -0.1) is 11.3 Å². The standard InChI is InChI=1S/C17H16N2O2S/c1-9-4-6-12(7-5-9)21-17(20)15-14(18)13-10(2)8-11(3)19-16(13)22-15/h4-8H,18H2,1-3H3. The number of rotatable bonds is 2. The number of nitrogens with zero attached hydrogens (tertiary/aromatic N) is 1. The molecule has 0 saturated carbocycles. The van der Waals surface area contributed by atoms with Crippen molar-refractivity contribution < 1.29 is 9.53 Å². The van der Waals surface area contributed by atoms with Crippen molar-refractivity contribution in [3.8, 4) is 5.75 Å². The fourth-order valence-electron chi connectivity index (χ4n) is 2.38. The summed E-state index contributed by atoms with van der Waals surface area (Å²) in [4.78, 5) is 18.0. The second-order valence-corrected chi connectivity index (χ2v) is 6.31. The molecule has 0 aliphatic carbocycles. The van der Waals surface area contributed by atoms with Crippen molar-refractivity contribution in [2.24, 2.45) is 0 Å². The molecular formula is C17H16N2O2S. The summed E-state index contributed by atoms with van der Waals surface area (Å²) in [5.41, 5.74) is 9.62. The second kappa shape index (κ2) is 5.42. The van der Waals surface area contributed by atoms with Gasteiger partial charge in [0.25, 0.3) is 0 Å². The van der Waals surface area contributed by atoms with Crippen LogP contribution in [-0.4, -0.2) is 11.0 Å². The highest BCUT2D eigenvalue weighted by Crippen LogP contribution is 2.35. The Bertz CT molecular complexity index is 866. The van der Waals surface area contributed by atoms with Crippen LogP contribution >= 0.6 is 11.3 Å². The molecule has 22 heavy (non-hydrogen) atoms. The van der Waals surface area contributed by atoms with E-state index in [-0.39, 0.29) is 0 Å². The minimum Gasteiger partial charge on any atom is -0.422 e. The molecule has 0 unspecified atom stereocenters. The predicted molar refractivity (Wildman–Crippen MR) is 89.6 cm³/mol. The number of ether oxygens (including phenoxy) is 1. The fraction of sp³-hybridized carbons (Fsp3) is 0.176. The Morgan fingerprint density at radius 3 is 2.55 bits per heavy atom. The molecule has 0 radical (unpaired) electrons. The molecular weight excluding hydrogens is 296 g/mol. The number of carbonyl (C=O) groups is 1. The maximum atomic E-state index is 12.4. The van der Waals surface area contributed by atoms with E-state index in [1.165, 1.54) is 11.3 Å². The third-order valence-electron chi connectivity index (χ3n) is 3.44. The SMILES string of the molecule is Cc1ccc(OC(=O)c2sc3nc(C)cc(C)c3c2N)cc1. The molecule has 5 heteroatoms. The third kappa shape index (κ3) is 2.55. The van der Waals surface area contributed by atoms with E-state index in [9.17, 15) is 4.79 Å². The highest BCUT2D eigenvalue weighted by atomic mass is 32.1. The molecule has 0 atom stereocenters. The minimum atomic E-state index is -0.443. The van der Waals surface area contributed by atoms with E-state index in [2.05, 4.69) is 4.98 Å². The number of nitrogen functional groups attached to an aromatic ring is 1. The topological polar surface area (TPSA) is 65.2 Å². The lowest BCUT2D eigenvalue weighted by Crippen LogP contribution is -2.08. The van der Waals surface area contributed by atoms with E-state index in [0.29, 0.717) is 16.3 Å². The summed E-state index contributed by atoms with van der Waals surface area (Å²) in [6, 6.07) is 9.28. The molecule has 0 bridgehead atoms. The molecule has 0 spiro atoms. The van der Waals surface area contributed by atoms with Gasteiger partial charge < -0.3 is 10.5 Å². The van der Waals surface area contributed by atoms with Crippen LogP contribution in [0.15, 0.2) is 30.3 Å². The molecule has 0 fully saturated rings. The van der Waals surface area contributed by atoms with Gasteiger partial charge in [-0.1, -0.05) is 17.7 Å². The molecule has 4 nitrogen and oxygen atoms in total. The van der Waals surface area contributed by atoms with E-state index >= 15 is 0 Å². The van der Waals surface area contributed by atoms with Crippen molar-refractivity contribution in [1.82, 2.24) is 4.98 Å². The summed E-state index contributed by atoms with van der Waals surface area (Å²) in [5.74, 6) is 0.0646. The zero-order valence-corrected chi connectivity index (χ0v) is 13.5. The van der Waals surface area contributed by atoms with Gasteiger partial charge in [0, 0.05) is 11.1 Å². The average Bonchev–Trinajstić information content (AvgIpc) is 2.78. The van der Waals surface area contributed by atoms with Gasteiger partial charge >= 0.3 is 5.97 Å². The normalized spacial score (nSPS) is 10.9. The Morgan fingerprint density at radius 2 is 1.86 bits per heavy atom. The lowest BCUT2D eigenvalue weighted by atomic mass is 10.1. The van der Waals surface area contributed by atoms with Crippen LogP contribution in [0.25, 0.3) is 10.2 Å². The van der Waals surface area contributed by atoms with E-state index < -0.39 is 5.97 Å². The Morgan fingerprint density at radius 1 is 1.18 bits per heavy atom. The van der Waals surface area contributed by atoms with Crippen LogP contribution < -0.4 is 10.5 Å². The summed E-state index contributed by atoms with van der Waals surface area (Å²) >= 11 is 1.27. The average molecular weight is 312 g/mol. The summed E-state index contributed by atoms with van der Waals surface area (Å²) in [7, 11) is 0. The number of pyridine rings is 1. The number of thiophene rings is 1. The lowest BCUT2D eigenvalue weighted by Gasteiger charge is -2.04. The Labute approximate surface area is 132 Å². The highest BCUT2D eigenvalue weighted by molar-refractivity contribution is 7.21. The highest BCUT2D eigenvalue weighted by Gasteiger charge is 2.20. The lowest BCUT2D eigenvalue weighted by molar-refractivity contribution is 0.0741. The van der Waals surface area contributed by atoms with Gasteiger partial charge in [-0.3, -0.25) is 0 Å². The first-order valence-electron chi connectivity index (χ1n) is 6.91. The van der Waals surface area contributed by atoms with Gasteiger partial charge in [0.15, 0.2) is 0 Å². The van der Waals surface area contributed by atoms with Crippen molar-refractivity contribution in [2.45, 2.75) is 20.8 Å². The van der Waals surface area contributed by atoms with Crippen LogP contribution in [0.4, 0.5) is 5.69 Å². The molecule has 0 aliphatic rings. The third-order valence-corrected chi connectivity index (χ3v) is 4.52. The summed E-state index contributed by atoms with van der Waals surface area (Å²) in [6.45, 7) is 5.87. The Balaban J connectivity index is 1.99. The molecule has 3 aromatic rings. The summed E-state index contributed by atoms with van der Waals surface area (Å²) in [6.07, 6.45) is 0.